The summed E-state index contributed by atoms with van der Waals surface area (Å²) in [7, 11) is 1.97. The minimum Gasteiger partial charge on any atom is -0.345 e. The molecule has 3 heteroatoms. The maximum atomic E-state index is 11.9. The Kier molecular flexibility index (Phi) is 4.08. The molecule has 0 spiro atoms. The van der Waals surface area contributed by atoms with Crippen LogP contribution in [-0.4, -0.2) is 36.5 Å². The average Bonchev–Trinajstić information content (AvgIpc) is 2.57. The Bertz CT molecular complexity index is 265. The summed E-state index contributed by atoms with van der Waals surface area (Å²) in [4.78, 5) is 13.9. The van der Waals surface area contributed by atoms with Crippen molar-refractivity contribution >= 4 is 5.91 Å². The topological polar surface area (TPSA) is 32.3 Å². The van der Waals surface area contributed by atoms with Crippen LogP contribution >= 0.6 is 0 Å². The minimum atomic E-state index is 0.311. The van der Waals surface area contributed by atoms with Gasteiger partial charge in [0.05, 0.1) is 0 Å². The van der Waals surface area contributed by atoms with Crippen LogP contribution < -0.4 is 5.32 Å². The first-order chi connectivity index (χ1) is 8.04. The summed E-state index contributed by atoms with van der Waals surface area (Å²) in [5.74, 6) is 1.50. The lowest BCUT2D eigenvalue weighted by molar-refractivity contribution is -0.131. The molecular formula is C14H26N2O. The predicted octanol–water partition coefficient (Wildman–Crippen LogP) is 2.02. The summed E-state index contributed by atoms with van der Waals surface area (Å²) in [5.41, 5.74) is 0. The molecular weight excluding hydrogens is 212 g/mol. The molecule has 2 atom stereocenters. The van der Waals surface area contributed by atoms with Gasteiger partial charge >= 0.3 is 0 Å². The first-order valence-corrected chi connectivity index (χ1v) is 7.04. The van der Waals surface area contributed by atoms with Crippen molar-refractivity contribution in [1.29, 1.82) is 0 Å². The summed E-state index contributed by atoms with van der Waals surface area (Å²) in [6.45, 7) is 5.17. The van der Waals surface area contributed by atoms with Crippen molar-refractivity contribution in [2.75, 3.05) is 13.6 Å². The molecule has 0 saturated carbocycles. The second kappa shape index (κ2) is 5.38. The Balaban J connectivity index is 1.78. The lowest BCUT2D eigenvalue weighted by Gasteiger charge is -2.32. The highest BCUT2D eigenvalue weighted by molar-refractivity contribution is 5.76. The van der Waals surface area contributed by atoms with Gasteiger partial charge in [0.2, 0.25) is 5.91 Å². The van der Waals surface area contributed by atoms with Gasteiger partial charge in [0.15, 0.2) is 0 Å². The van der Waals surface area contributed by atoms with Crippen LogP contribution in [0.1, 0.15) is 46.0 Å². The zero-order valence-electron chi connectivity index (χ0n) is 11.4. The van der Waals surface area contributed by atoms with Crippen LogP contribution in [-0.2, 0) is 4.79 Å². The number of fused-ring (bicyclic) bond motifs is 2. The van der Waals surface area contributed by atoms with E-state index in [-0.39, 0.29) is 0 Å². The van der Waals surface area contributed by atoms with Gasteiger partial charge in [0, 0.05) is 32.1 Å². The molecule has 2 bridgehead atoms. The molecule has 2 aliphatic rings. The quantitative estimate of drug-likeness (QED) is 0.812. The van der Waals surface area contributed by atoms with E-state index < -0.39 is 0 Å². The van der Waals surface area contributed by atoms with Gasteiger partial charge in [-0.2, -0.15) is 0 Å². The summed E-state index contributed by atoms with van der Waals surface area (Å²) in [6, 6.07) is 1.46. The molecule has 2 saturated heterocycles. The van der Waals surface area contributed by atoms with Gasteiger partial charge in [-0.05, 0) is 37.5 Å². The SMILES string of the molecule is CC(C)CC(=O)N(C)CC1CC2CCC(C1)N2. The predicted molar refractivity (Wildman–Crippen MR) is 69.8 cm³/mol. The highest BCUT2D eigenvalue weighted by Gasteiger charge is 2.34. The molecule has 1 N–H and O–H groups in total. The summed E-state index contributed by atoms with van der Waals surface area (Å²) >= 11 is 0. The highest BCUT2D eigenvalue weighted by Crippen LogP contribution is 2.31. The van der Waals surface area contributed by atoms with Crippen molar-refractivity contribution in [3.63, 3.8) is 0 Å². The number of carbonyl (C=O) groups is 1. The third kappa shape index (κ3) is 3.44. The van der Waals surface area contributed by atoms with Crippen LogP contribution in [0.25, 0.3) is 0 Å². The number of hydrogen-bond acceptors (Lipinski definition) is 2. The lowest BCUT2D eigenvalue weighted by atomic mass is 9.92. The third-order valence-electron chi connectivity index (χ3n) is 4.11. The second-order valence-electron chi connectivity index (χ2n) is 6.35. The molecule has 0 aromatic carbocycles. The number of nitrogens with one attached hydrogen (secondary N) is 1. The van der Waals surface area contributed by atoms with Gasteiger partial charge in [-0.1, -0.05) is 13.8 Å². The molecule has 17 heavy (non-hydrogen) atoms. The van der Waals surface area contributed by atoms with E-state index >= 15 is 0 Å². The van der Waals surface area contributed by atoms with Gasteiger partial charge in [-0.15, -0.1) is 0 Å². The van der Waals surface area contributed by atoms with Crippen LogP contribution in [0.2, 0.25) is 0 Å². The number of carbonyl (C=O) groups excluding carboxylic acids is 1. The van der Waals surface area contributed by atoms with Crippen molar-refractivity contribution in [3.05, 3.63) is 0 Å². The van der Waals surface area contributed by atoms with Crippen molar-refractivity contribution in [1.82, 2.24) is 10.2 Å². The molecule has 2 unspecified atom stereocenters. The zero-order chi connectivity index (χ0) is 12.4. The molecule has 2 aliphatic heterocycles. The number of rotatable bonds is 4. The number of amides is 1. The Morgan fingerprint density at radius 2 is 1.88 bits per heavy atom. The Morgan fingerprint density at radius 3 is 2.41 bits per heavy atom. The molecule has 2 rings (SSSR count). The fourth-order valence-electron chi connectivity index (χ4n) is 3.32. The molecule has 2 fully saturated rings. The Labute approximate surface area is 105 Å². The van der Waals surface area contributed by atoms with Crippen molar-refractivity contribution in [2.45, 2.75) is 58.0 Å². The monoisotopic (exact) mass is 238 g/mol. The fourth-order valence-corrected chi connectivity index (χ4v) is 3.32. The molecule has 3 nitrogen and oxygen atoms in total. The number of piperidine rings is 1. The van der Waals surface area contributed by atoms with Gasteiger partial charge < -0.3 is 10.2 Å². The largest absolute Gasteiger partial charge is 0.345 e. The first kappa shape index (κ1) is 12.9. The maximum Gasteiger partial charge on any atom is 0.222 e. The third-order valence-corrected chi connectivity index (χ3v) is 4.11. The van der Waals surface area contributed by atoms with Gasteiger partial charge in [-0.25, -0.2) is 0 Å². The first-order valence-electron chi connectivity index (χ1n) is 7.04. The van der Waals surface area contributed by atoms with E-state index in [0.717, 1.165) is 24.5 Å². The maximum absolute atomic E-state index is 11.9. The van der Waals surface area contributed by atoms with E-state index in [1.165, 1.54) is 25.7 Å². The van der Waals surface area contributed by atoms with E-state index in [2.05, 4.69) is 19.2 Å². The average molecular weight is 238 g/mol. The summed E-state index contributed by atoms with van der Waals surface area (Å²) < 4.78 is 0. The second-order valence-corrected chi connectivity index (χ2v) is 6.35. The van der Waals surface area contributed by atoms with Crippen LogP contribution in [0.15, 0.2) is 0 Å². The highest BCUT2D eigenvalue weighted by atomic mass is 16.2. The van der Waals surface area contributed by atoms with Crippen LogP contribution in [0, 0.1) is 11.8 Å². The molecule has 0 aromatic rings. The van der Waals surface area contributed by atoms with Crippen molar-refractivity contribution in [2.24, 2.45) is 11.8 Å². The van der Waals surface area contributed by atoms with Crippen molar-refractivity contribution < 1.29 is 4.79 Å². The van der Waals surface area contributed by atoms with Crippen molar-refractivity contribution in [3.8, 4) is 0 Å². The minimum absolute atomic E-state index is 0.311. The van der Waals surface area contributed by atoms with E-state index in [9.17, 15) is 4.79 Å². The molecule has 0 aromatic heterocycles. The standard InChI is InChI=1S/C14H26N2O/c1-10(2)6-14(17)16(3)9-11-7-12-4-5-13(8-11)15-12/h10-13,15H,4-9H2,1-3H3. The van der Waals surface area contributed by atoms with Gasteiger partial charge in [0.1, 0.15) is 0 Å². The zero-order valence-corrected chi connectivity index (χ0v) is 11.4. The van der Waals surface area contributed by atoms with Crippen LogP contribution in [0.3, 0.4) is 0 Å². The normalized spacial score (nSPS) is 31.9. The summed E-state index contributed by atoms with van der Waals surface area (Å²) in [6.07, 6.45) is 5.88. The molecule has 0 radical (unpaired) electrons. The van der Waals surface area contributed by atoms with E-state index in [4.69, 9.17) is 0 Å². The summed E-state index contributed by atoms with van der Waals surface area (Å²) in [5, 5.41) is 3.65. The van der Waals surface area contributed by atoms with Gasteiger partial charge in [0.25, 0.3) is 0 Å². The molecule has 1 amide bonds. The molecule has 2 heterocycles. The lowest BCUT2D eigenvalue weighted by Crippen LogP contribution is -2.42. The van der Waals surface area contributed by atoms with E-state index in [0.29, 0.717) is 18.2 Å². The van der Waals surface area contributed by atoms with E-state index in [1.54, 1.807) is 0 Å². The number of nitrogens with zero attached hydrogens (tertiary/aromatic N) is 1. The van der Waals surface area contributed by atoms with E-state index in [1.807, 2.05) is 11.9 Å². The smallest absolute Gasteiger partial charge is 0.222 e. The Morgan fingerprint density at radius 1 is 1.29 bits per heavy atom. The van der Waals surface area contributed by atoms with Gasteiger partial charge in [-0.3, -0.25) is 4.79 Å². The fraction of sp³-hybridized carbons (Fsp3) is 0.929. The molecule has 0 aliphatic carbocycles. The Hall–Kier alpha value is -0.570. The van der Waals surface area contributed by atoms with Crippen LogP contribution in [0.5, 0.6) is 0 Å². The number of hydrogen-bond donors (Lipinski definition) is 1. The van der Waals surface area contributed by atoms with Crippen LogP contribution in [0.4, 0.5) is 0 Å². The molecule has 98 valence electrons.